The molecule has 0 radical (unpaired) electrons. The van der Waals surface area contributed by atoms with Crippen LogP contribution in [0.4, 0.5) is 18.0 Å². The first-order valence-electron chi connectivity index (χ1n) is 10.6. The minimum absolute atomic E-state index is 0.0846. The number of H-pyrrole nitrogens is 1. The van der Waals surface area contributed by atoms with Crippen molar-refractivity contribution in [3.8, 4) is 16.9 Å². The number of hydrogen-bond donors (Lipinski definition) is 2. The average molecular weight is 481 g/mol. The fourth-order valence-electron chi connectivity index (χ4n) is 3.57. The second-order valence-corrected chi connectivity index (χ2v) is 9.08. The van der Waals surface area contributed by atoms with Crippen molar-refractivity contribution in [2.75, 3.05) is 19.7 Å². The summed E-state index contributed by atoms with van der Waals surface area (Å²) >= 11 is 0. The number of alkyl halides is 3. The van der Waals surface area contributed by atoms with Gasteiger partial charge in [0.2, 0.25) is 0 Å². The molecule has 1 aliphatic rings. The van der Waals surface area contributed by atoms with Gasteiger partial charge in [-0.3, -0.25) is 9.59 Å². The zero-order valence-corrected chi connectivity index (χ0v) is 19.0. The third-order valence-electron chi connectivity index (χ3n) is 5.18. The fourth-order valence-corrected chi connectivity index (χ4v) is 3.57. The zero-order chi connectivity index (χ0) is 25.3. The highest BCUT2D eigenvalue weighted by Crippen LogP contribution is 2.36. The van der Waals surface area contributed by atoms with E-state index in [1.165, 1.54) is 24.3 Å². The molecule has 3 rings (SSSR count). The van der Waals surface area contributed by atoms with Crippen LogP contribution in [0.5, 0.6) is 5.75 Å². The number of benzene rings is 1. The topological polar surface area (TPSA) is 115 Å². The quantitative estimate of drug-likeness (QED) is 0.674. The van der Waals surface area contributed by atoms with E-state index in [0.29, 0.717) is 25.4 Å². The number of aromatic nitrogens is 1. The van der Waals surface area contributed by atoms with Gasteiger partial charge in [-0.05, 0) is 51.0 Å². The van der Waals surface area contributed by atoms with Gasteiger partial charge in [-0.25, -0.2) is 4.79 Å². The van der Waals surface area contributed by atoms with Gasteiger partial charge in [0.25, 0.3) is 11.5 Å². The fraction of sp³-hybridized carbons (Fsp3) is 0.435. The van der Waals surface area contributed by atoms with Gasteiger partial charge in [0.1, 0.15) is 22.6 Å². The van der Waals surface area contributed by atoms with E-state index in [-0.39, 0.29) is 23.1 Å². The van der Waals surface area contributed by atoms with Gasteiger partial charge < -0.3 is 25.1 Å². The predicted molar refractivity (Wildman–Crippen MR) is 117 cm³/mol. The van der Waals surface area contributed by atoms with E-state index < -0.39 is 34.5 Å². The molecule has 0 bridgehead atoms. The Morgan fingerprint density at radius 2 is 1.82 bits per heavy atom. The molecule has 0 aliphatic carbocycles. The van der Waals surface area contributed by atoms with Gasteiger partial charge in [0.05, 0.1) is 6.61 Å². The molecule has 184 valence electrons. The minimum atomic E-state index is -4.84. The van der Waals surface area contributed by atoms with Crippen molar-refractivity contribution in [3.05, 3.63) is 51.9 Å². The van der Waals surface area contributed by atoms with Gasteiger partial charge in [0.15, 0.2) is 0 Å². The van der Waals surface area contributed by atoms with Gasteiger partial charge in [0, 0.05) is 24.6 Å². The number of amides is 2. The molecule has 2 amide bonds. The van der Waals surface area contributed by atoms with Crippen LogP contribution in [0.1, 0.15) is 43.2 Å². The first-order chi connectivity index (χ1) is 15.7. The van der Waals surface area contributed by atoms with Crippen LogP contribution in [0.25, 0.3) is 11.1 Å². The summed E-state index contributed by atoms with van der Waals surface area (Å²) in [6.45, 7) is 6.74. The third-order valence-corrected chi connectivity index (χ3v) is 5.18. The Bertz CT molecular complexity index is 1120. The number of nitrogens with one attached hydrogen (secondary N) is 1. The third kappa shape index (κ3) is 6.09. The Morgan fingerprint density at radius 3 is 2.38 bits per heavy atom. The molecular weight excluding hydrogens is 455 g/mol. The van der Waals surface area contributed by atoms with Crippen LogP contribution in [-0.4, -0.2) is 47.2 Å². The number of nitrogens with two attached hydrogens (primary N) is 1. The molecule has 1 unspecified atom stereocenters. The van der Waals surface area contributed by atoms with Crippen LogP contribution in [0.3, 0.4) is 0 Å². The lowest BCUT2D eigenvalue weighted by atomic mass is 10.0. The molecule has 1 aromatic carbocycles. The van der Waals surface area contributed by atoms with E-state index in [1.54, 1.807) is 30.7 Å². The van der Waals surface area contributed by atoms with Crippen molar-refractivity contribution in [1.29, 1.82) is 0 Å². The molecule has 1 saturated heterocycles. The van der Waals surface area contributed by atoms with Crippen molar-refractivity contribution >= 4 is 12.0 Å². The van der Waals surface area contributed by atoms with Crippen LogP contribution in [0, 0.1) is 5.92 Å². The van der Waals surface area contributed by atoms with E-state index in [0.717, 1.165) is 12.5 Å². The summed E-state index contributed by atoms with van der Waals surface area (Å²) in [7, 11) is 0. The normalized spacial score (nSPS) is 16.4. The summed E-state index contributed by atoms with van der Waals surface area (Å²) in [5.41, 5.74) is 1.22. The summed E-state index contributed by atoms with van der Waals surface area (Å²) < 4.78 is 51.5. The number of primary amides is 1. The van der Waals surface area contributed by atoms with Crippen LogP contribution in [0.15, 0.2) is 35.1 Å². The van der Waals surface area contributed by atoms with Crippen molar-refractivity contribution in [3.63, 3.8) is 0 Å². The number of halogens is 3. The highest BCUT2D eigenvalue weighted by molar-refractivity contribution is 5.94. The Labute approximate surface area is 193 Å². The molecule has 11 heteroatoms. The molecular formula is C23H26F3N3O5. The maximum Gasteiger partial charge on any atom is 0.431 e. The number of carbonyl (C=O) groups is 2. The first-order valence-corrected chi connectivity index (χ1v) is 10.6. The molecule has 1 atom stereocenters. The van der Waals surface area contributed by atoms with E-state index in [4.69, 9.17) is 15.2 Å². The maximum absolute atomic E-state index is 13.5. The van der Waals surface area contributed by atoms with Gasteiger partial charge in [-0.2, -0.15) is 13.2 Å². The van der Waals surface area contributed by atoms with Crippen molar-refractivity contribution in [2.24, 2.45) is 11.7 Å². The molecule has 0 spiro atoms. The van der Waals surface area contributed by atoms with Crippen molar-refractivity contribution in [1.82, 2.24) is 9.88 Å². The number of rotatable bonds is 5. The monoisotopic (exact) mass is 481 g/mol. The van der Waals surface area contributed by atoms with Crippen LogP contribution in [-0.2, 0) is 10.9 Å². The van der Waals surface area contributed by atoms with E-state index in [2.05, 4.69) is 0 Å². The number of hydrogen-bond acceptors (Lipinski definition) is 5. The van der Waals surface area contributed by atoms with E-state index in [1.807, 2.05) is 0 Å². The molecule has 1 fully saturated rings. The second kappa shape index (κ2) is 9.40. The van der Waals surface area contributed by atoms with Crippen molar-refractivity contribution < 1.29 is 32.2 Å². The summed E-state index contributed by atoms with van der Waals surface area (Å²) in [4.78, 5) is 38.7. The van der Waals surface area contributed by atoms with Crippen LogP contribution >= 0.6 is 0 Å². The van der Waals surface area contributed by atoms with Crippen molar-refractivity contribution in [2.45, 2.75) is 39.0 Å². The molecule has 2 heterocycles. The highest BCUT2D eigenvalue weighted by Gasteiger charge is 2.36. The number of likely N-dealkylation sites (tertiary alicyclic amines) is 1. The number of carbonyl (C=O) groups excluding carboxylic acids is 2. The van der Waals surface area contributed by atoms with Gasteiger partial charge >= 0.3 is 12.3 Å². The molecule has 3 N–H and O–H groups in total. The Morgan fingerprint density at radius 1 is 1.18 bits per heavy atom. The molecule has 2 aromatic rings. The number of ether oxygens (including phenoxy) is 2. The number of nitrogens with zero attached hydrogens (tertiary/aromatic N) is 1. The van der Waals surface area contributed by atoms with Gasteiger partial charge in [-0.15, -0.1) is 0 Å². The molecule has 34 heavy (non-hydrogen) atoms. The van der Waals surface area contributed by atoms with Crippen LogP contribution < -0.4 is 16.0 Å². The lowest BCUT2D eigenvalue weighted by Gasteiger charge is -2.24. The molecule has 1 aromatic heterocycles. The SMILES string of the molecule is CC(C)(C)OC(=O)N1CCC(COc2ccc(-c3cc(C(N)=O)c(=O)[nH]c3C(F)(F)F)cc2)C1. The Balaban J connectivity index is 1.70. The molecule has 8 nitrogen and oxygen atoms in total. The lowest BCUT2D eigenvalue weighted by Crippen LogP contribution is -2.35. The number of pyridine rings is 1. The summed E-state index contributed by atoms with van der Waals surface area (Å²) in [6.07, 6.45) is -4.49. The minimum Gasteiger partial charge on any atom is -0.493 e. The lowest BCUT2D eigenvalue weighted by molar-refractivity contribution is -0.140. The molecule has 1 aliphatic heterocycles. The van der Waals surface area contributed by atoms with Crippen LogP contribution in [0.2, 0.25) is 0 Å². The maximum atomic E-state index is 13.5. The smallest absolute Gasteiger partial charge is 0.431 e. The summed E-state index contributed by atoms with van der Waals surface area (Å²) in [6, 6.07) is 6.61. The molecule has 0 saturated carbocycles. The average Bonchev–Trinajstić information content (AvgIpc) is 3.20. The Hall–Kier alpha value is -3.50. The summed E-state index contributed by atoms with van der Waals surface area (Å²) in [5, 5.41) is 0. The zero-order valence-electron chi connectivity index (χ0n) is 19.0. The van der Waals surface area contributed by atoms with E-state index in [9.17, 15) is 27.6 Å². The van der Waals surface area contributed by atoms with E-state index >= 15 is 0 Å². The number of aromatic amines is 1. The highest BCUT2D eigenvalue weighted by atomic mass is 19.4. The van der Waals surface area contributed by atoms with Gasteiger partial charge in [-0.1, -0.05) is 12.1 Å². The standard InChI is InChI=1S/C23H26F3N3O5/c1-22(2,3)34-21(32)29-9-8-13(11-29)12-33-15-6-4-14(5-7-15)16-10-17(19(27)30)20(31)28-18(16)23(24,25)26/h4-7,10,13H,8-9,11-12H2,1-3H3,(H2,27,30)(H,28,31). The largest absolute Gasteiger partial charge is 0.493 e. The predicted octanol–water partition coefficient (Wildman–Crippen LogP) is 3.80. The first kappa shape index (κ1) is 25.1. The second-order valence-electron chi connectivity index (χ2n) is 9.08. The Kier molecular flexibility index (Phi) is 6.94. The summed E-state index contributed by atoms with van der Waals surface area (Å²) in [5.74, 6) is -0.623.